The predicted molar refractivity (Wildman–Crippen MR) is 77.6 cm³/mol. The van der Waals surface area contributed by atoms with Crippen molar-refractivity contribution in [2.24, 2.45) is 4.99 Å². The molecule has 0 saturated heterocycles. The van der Waals surface area contributed by atoms with Crippen LogP contribution in [-0.2, 0) is 0 Å². The van der Waals surface area contributed by atoms with Crippen molar-refractivity contribution < 1.29 is 4.79 Å². The molecular weight excluding hydrogens is 250 g/mol. The quantitative estimate of drug-likeness (QED) is 0.675. The predicted octanol–water partition coefficient (Wildman–Crippen LogP) is 3.20. The molecule has 1 aromatic heterocycles. The molecule has 0 spiro atoms. The van der Waals surface area contributed by atoms with Crippen LogP contribution in [0.3, 0.4) is 0 Å². The number of carbonyl (C=O) groups is 1. The van der Waals surface area contributed by atoms with Crippen LogP contribution in [0.5, 0.6) is 0 Å². The molecule has 1 aliphatic heterocycles. The summed E-state index contributed by atoms with van der Waals surface area (Å²) in [5.74, 6) is 0.490. The highest BCUT2D eigenvalue weighted by Crippen LogP contribution is 2.27. The third-order valence-corrected chi connectivity index (χ3v) is 3.45. The molecule has 2 aromatic carbocycles. The first-order chi connectivity index (χ1) is 9.83. The Balaban J connectivity index is 1.94. The highest BCUT2D eigenvalue weighted by molar-refractivity contribution is 6.15. The Morgan fingerprint density at radius 1 is 0.950 bits per heavy atom. The molecule has 0 amide bonds. The molecule has 0 N–H and O–H groups in total. The molecule has 0 aliphatic carbocycles. The van der Waals surface area contributed by atoms with Crippen LogP contribution >= 0.6 is 0 Å². The van der Waals surface area contributed by atoms with Gasteiger partial charge in [-0.2, -0.15) is 0 Å². The van der Waals surface area contributed by atoms with E-state index in [1.54, 1.807) is 4.57 Å². The van der Waals surface area contributed by atoms with Crippen molar-refractivity contribution in [2.45, 2.75) is 6.42 Å². The first kappa shape index (κ1) is 11.1. The lowest BCUT2D eigenvalue weighted by atomic mass is 10.1. The van der Waals surface area contributed by atoms with E-state index < -0.39 is 0 Å². The van der Waals surface area contributed by atoms with E-state index in [9.17, 15) is 4.79 Å². The first-order valence-corrected chi connectivity index (χ1v) is 6.46. The number of fused-ring (bicyclic) bond motifs is 3. The Labute approximate surface area is 115 Å². The number of aromatic nitrogens is 2. The van der Waals surface area contributed by atoms with Gasteiger partial charge in [0.05, 0.1) is 23.2 Å². The summed E-state index contributed by atoms with van der Waals surface area (Å²) in [5.41, 5.74) is 3.37. The van der Waals surface area contributed by atoms with Crippen molar-refractivity contribution in [2.75, 3.05) is 0 Å². The molecule has 1 aliphatic rings. The van der Waals surface area contributed by atoms with E-state index in [0.717, 1.165) is 22.3 Å². The number of aliphatic imine (C=N–C) groups is 1. The van der Waals surface area contributed by atoms with E-state index >= 15 is 0 Å². The van der Waals surface area contributed by atoms with Gasteiger partial charge in [-0.05, 0) is 17.7 Å². The SMILES string of the molecule is O=C1CC(c2ccccc2)=Nc2nc3ccccc3n21. The molecule has 20 heavy (non-hydrogen) atoms. The van der Waals surface area contributed by atoms with Gasteiger partial charge in [0.25, 0.3) is 0 Å². The molecule has 4 rings (SSSR count). The van der Waals surface area contributed by atoms with Crippen LogP contribution in [0.15, 0.2) is 59.6 Å². The summed E-state index contributed by atoms with van der Waals surface area (Å²) >= 11 is 0. The van der Waals surface area contributed by atoms with Crippen molar-refractivity contribution in [3.8, 4) is 0 Å². The molecule has 2 heterocycles. The minimum atomic E-state index is 0.0163. The molecule has 96 valence electrons. The minimum Gasteiger partial charge on any atom is -0.274 e. The maximum Gasteiger partial charge on any atom is 0.240 e. The van der Waals surface area contributed by atoms with Crippen LogP contribution < -0.4 is 0 Å². The standard InChI is InChI=1S/C16H11N3O/c20-15-10-13(11-6-2-1-3-7-11)18-16-17-12-8-4-5-9-14(12)19(15)16/h1-9H,10H2. The fourth-order valence-electron chi connectivity index (χ4n) is 2.51. The van der Waals surface area contributed by atoms with Gasteiger partial charge in [0.15, 0.2) is 0 Å². The lowest BCUT2D eigenvalue weighted by Gasteiger charge is -2.13. The zero-order valence-corrected chi connectivity index (χ0v) is 10.7. The van der Waals surface area contributed by atoms with E-state index in [0.29, 0.717) is 12.4 Å². The van der Waals surface area contributed by atoms with Gasteiger partial charge in [0.1, 0.15) is 0 Å². The first-order valence-electron chi connectivity index (χ1n) is 6.46. The number of para-hydroxylation sites is 2. The lowest BCUT2D eigenvalue weighted by molar-refractivity contribution is 0.0926. The van der Waals surface area contributed by atoms with Crippen molar-refractivity contribution >= 4 is 28.6 Å². The lowest BCUT2D eigenvalue weighted by Crippen LogP contribution is -2.20. The Morgan fingerprint density at radius 2 is 1.70 bits per heavy atom. The number of benzene rings is 2. The average molecular weight is 261 g/mol. The summed E-state index contributed by atoms with van der Waals surface area (Å²) in [6.07, 6.45) is 0.303. The molecule has 0 atom stereocenters. The van der Waals surface area contributed by atoms with E-state index in [4.69, 9.17) is 0 Å². The van der Waals surface area contributed by atoms with Crippen LogP contribution in [0.1, 0.15) is 16.8 Å². The Bertz CT molecular complexity index is 847. The fraction of sp³-hybridized carbons (Fsp3) is 0.0625. The van der Waals surface area contributed by atoms with Gasteiger partial charge in [-0.25, -0.2) is 14.5 Å². The second-order valence-corrected chi connectivity index (χ2v) is 4.73. The number of imidazole rings is 1. The smallest absolute Gasteiger partial charge is 0.240 e. The highest BCUT2D eigenvalue weighted by atomic mass is 16.2. The number of hydrogen-bond acceptors (Lipinski definition) is 3. The molecule has 0 fully saturated rings. The van der Waals surface area contributed by atoms with Crippen molar-refractivity contribution in [3.05, 3.63) is 60.2 Å². The molecule has 0 radical (unpaired) electrons. The highest BCUT2D eigenvalue weighted by Gasteiger charge is 2.23. The van der Waals surface area contributed by atoms with Crippen LogP contribution in [-0.4, -0.2) is 21.2 Å². The van der Waals surface area contributed by atoms with Gasteiger partial charge in [-0.1, -0.05) is 42.5 Å². The number of rotatable bonds is 1. The van der Waals surface area contributed by atoms with Gasteiger partial charge in [-0.3, -0.25) is 4.79 Å². The summed E-state index contributed by atoms with van der Waals surface area (Å²) in [4.78, 5) is 21.4. The molecule has 4 heteroatoms. The molecule has 0 saturated carbocycles. The third kappa shape index (κ3) is 1.58. The fourth-order valence-corrected chi connectivity index (χ4v) is 2.51. The van der Waals surface area contributed by atoms with E-state index in [1.807, 2.05) is 54.6 Å². The minimum absolute atomic E-state index is 0.0163. The summed E-state index contributed by atoms with van der Waals surface area (Å²) in [5, 5.41) is 0. The Kier molecular flexibility index (Phi) is 2.29. The van der Waals surface area contributed by atoms with Gasteiger partial charge < -0.3 is 0 Å². The van der Waals surface area contributed by atoms with Crippen LogP contribution in [0, 0.1) is 0 Å². The largest absolute Gasteiger partial charge is 0.274 e. The van der Waals surface area contributed by atoms with Gasteiger partial charge >= 0.3 is 0 Å². The normalized spacial score (nSPS) is 14.2. The molecule has 0 unspecified atom stereocenters. The Hall–Kier alpha value is -2.75. The van der Waals surface area contributed by atoms with Gasteiger partial charge in [0.2, 0.25) is 11.9 Å². The maximum atomic E-state index is 12.4. The molecular formula is C16H11N3O. The van der Waals surface area contributed by atoms with Crippen molar-refractivity contribution in [1.82, 2.24) is 9.55 Å². The van der Waals surface area contributed by atoms with Crippen molar-refractivity contribution in [1.29, 1.82) is 0 Å². The topological polar surface area (TPSA) is 47.2 Å². The van der Waals surface area contributed by atoms with Crippen molar-refractivity contribution in [3.63, 3.8) is 0 Å². The number of nitrogens with zero attached hydrogens (tertiary/aromatic N) is 3. The number of carbonyl (C=O) groups excluding carboxylic acids is 1. The van der Waals surface area contributed by atoms with E-state index in [2.05, 4.69) is 9.98 Å². The second-order valence-electron chi connectivity index (χ2n) is 4.73. The summed E-state index contributed by atoms with van der Waals surface area (Å²) in [7, 11) is 0. The van der Waals surface area contributed by atoms with Gasteiger partial charge in [0, 0.05) is 0 Å². The van der Waals surface area contributed by atoms with Crippen LogP contribution in [0.4, 0.5) is 5.95 Å². The molecule has 4 nitrogen and oxygen atoms in total. The Morgan fingerprint density at radius 3 is 2.55 bits per heavy atom. The average Bonchev–Trinajstić information content (AvgIpc) is 2.87. The van der Waals surface area contributed by atoms with Crippen LogP contribution in [0.2, 0.25) is 0 Å². The zero-order chi connectivity index (χ0) is 13.5. The van der Waals surface area contributed by atoms with E-state index in [1.165, 1.54) is 0 Å². The third-order valence-electron chi connectivity index (χ3n) is 3.45. The summed E-state index contributed by atoms with van der Waals surface area (Å²) in [6.45, 7) is 0. The van der Waals surface area contributed by atoms with Gasteiger partial charge in [-0.15, -0.1) is 0 Å². The maximum absolute atomic E-state index is 12.4. The number of hydrogen-bond donors (Lipinski definition) is 0. The van der Waals surface area contributed by atoms with Crippen LogP contribution in [0.25, 0.3) is 11.0 Å². The second kappa shape index (κ2) is 4.13. The molecule has 3 aromatic rings. The monoisotopic (exact) mass is 261 g/mol. The zero-order valence-electron chi connectivity index (χ0n) is 10.7. The summed E-state index contributed by atoms with van der Waals surface area (Å²) < 4.78 is 1.60. The van der Waals surface area contributed by atoms with E-state index in [-0.39, 0.29) is 5.91 Å². The summed E-state index contributed by atoms with van der Waals surface area (Å²) in [6, 6.07) is 17.4. The molecule has 0 bridgehead atoms.